The number of Topliss-reactive ketones (excluding diaryl/α,β-unsaturated/α-hetero) is 1. The molecule has 1 heterocycles. The molecule has 0 spiro atoms. The molecule has 0 amide bonds. The Balaban J connectivity index is 2.67. The zero-order chi connectivity index (χ0) is 10.3. The smallest absolute Gasteiger partial charge is 0.231 e. The van der Waals surface area contributed by atoms with E-state index < -0.39 is 0 Å². The van der Waals surface area contributed by atoms with E-state index in [0.29, 0.717) is 22.0 Å². The zero-order valence-electron chi connectivity index (χ0n) is 7.96. The van der Waals surface area contributed by atoms with Crippen molar-refractivity contribution in [3.63, 3.8) is 0 Å². The summed E-state index contributed by atoms with van der Waals surface area (Å²) in [5.74, 6) is 1.31. The highest BCUT2D eigenvalue weighted by atomic mass is 32.1. The third kappa shape index (κ3) is 1.26. The zero-order valence-corrected chi connectivity index (χ0v) is 8.85. The molecule has 1 aliphatic heterocycles. The SMILES string of the molecule is CC(=O)c1cc2c(c(C)c1S)OCO2. The van der Waals surface area contributed by atoms with E-state index in [2.05, 4.69) is 12.6 Å². The third-order valence-electron chi connectivity index (χ3n) is 2.25. The number of rotatable bonds is 1. The van der Waals surface area contributed by atoms with Crippen molar-refractivity contribution >= 4 is 18.4 Å². The number of carbonyl (C=O) groups excluding carboxylic acids is 1. The lowest BCUT2D eigenvalue weighted by molar-refractivity contribution is 0.101. The van der Waals surface area contributed by atoms with Gasteiger partial charge >= 0.3 is 0 Å². The Morgan fingerprint density at radius 1 is 1.50 bits per heavy atom. The molecule has 1 aromatic rings. The molecule has 0 atom stereocenters. The maximum absolute atomic E-state index is 11.3. The van der Waals surface area contributed by atoms with Crippen LogP contribution in [0.25, 0.3) is 0 Å². The van der Waals surface area contributed by atoms with Crippen molar-refractivity contribution in [2.24, 2.45) is 0 Å². The number of thiol groups is 1. The maximum atomic E-state index is 11.3. The molecular formula is C10H10O3S. The average molecular weight is 210 g/mol. The lowest BCUT2D eigenvalue weighted by Gasteiger charge is -2.07. The number of carbonyl (C=O) groups is 1. The molecule has 0 N–H and O–H groups in total. The molecule has 0 saturated carbocycles. The molecule has 0 unspecified atom stereocenters. The number of fused-ring (bicyclic) bond motifs is 1. The summed E-state index contributed by atoms with van der Waals surface area (Å²) in [6, 6.07) is 1.68. The van der Waals surface area contributed by atoms with Gasteiger partial charge in [-0.15, -0.1) is 12.6 Å². The molecule has 2 rings (SSSR count). The van der Waals surface area contributed by atoms with Gasteiger partial charge in [-0.1, -0.05) is 0 Å². The maximum Gasteiger partial charge on any atom is 0.231 e. The van der Waals surface area contributed by atoms with E-state index in [1.807, 2.05) is 6.92 Å². The van der Waals surface area contributed by atoms with Gasteiger partial charge in [-0.3, -0.25) is 4.79 Å². The van der Waals surface area contributed by atoms with Crippen LogP contribution in [0.1, 0.15) is 22.8 Å². The van der Waals surface area contributed by atoms with Crippen molar-refractivity contribution in [2.75, 3.05) is 6.79 Å². The minimum atomic E-state index is -0.0172. The van der Waals surface area contributed by atoms with Crippen molar-refractivity contribution < 1.29 is 14.3 Å². The van der Waals surface area contributed by atoms with E-state index in [1.54, 1.807) is 6.07 Å². The molecule has 0 aromatic heterocycles. The van der Waals surface area contributed by atoms with Gasteiger partial charge in [0, 0.05) is 16.0 Å². The van der Waals surface area contributed by atoms with Crippen LogP contribution in [0.4, 0.5) is 0 Å². The minimum absolute atomic E-state index is 0.0172. The number of benzene rings is 1. The lowest BCUT2D eigenvalue weighted by atomic mass is 10.1. The Bertz CT molecular complexity index is 412. The summed E-state index contributed by atoms with van der Waals surface area (Å²) in [5.41, 5.74) is 1.43. The van der Waals surface area contributed by atoms with E-state index in [-0.39, 0.29) is 12.6 Å². The normalized spacial score (nSPS) is 13.1. The first-order valence-electron chi connectivity index (χ1n) is 4.24. The first kappa shape index (κ1) is 9.40. The second kappa shape index (κ2) is 3.20. The first-order valence-corrected chi connectivity index (χ1v) is 4.69. The van der Waals surface area contributed by atoms with Crippen LogP contribution in [0.2, 0.25) is 0 Å². The summed E-state index contributed by atoms with van der Waals surface area (Å²) in [6.07, 6.45) is 0. The van der Waals surface area contributed by atoms with Crippen LogP contribution < -0.4 is 9.47 Å². The molecule has 0 aliphatic carbocycles. The molecule has 4 heteroatoms. The predicted octanol–water partition coefficient (Wildman–Crippen LogP) is 2.22. The van der Waals surface area contributed by atoms with Gasteiger partial charge in [-0.25, -0.2) is 0 Å². The molecule has 74 valence electrons. The summed E-state index contributed by atoms with van der Waals surface area (Å²) in [7, 11) is 0. The fourth-order valence-electron chi connectivity index (χ4n) is 1.47. The highest BCUT2D eigenvalue weighted by Gasteiger charge is 2.21. The van der Waals surface area contributed by atoms with Gasteiger partial charge in [-0.2, -0.15) is 0 Å². The highest BCUT2D eigenvalue weighted by Crippen LogP contribution is 2.40. The van der Waals surface area contributed by atoms with Gasteiger partial charge < -0.3 is 9.47 Å². The van der Waals surface area contributed by atoms with Crippen molar-refractivity contribution in [2.45, 2.75) is 18.7 Å². The standard InChI is InChI=1S/C10H10O3S/c1-5-9-8(12-4-13-9)3-7(6(2)11)10(5)14/h3,14H,4H2,1-2H3. The fourth-order valence-corrected chi connectivity index (χ4v) is 1.79. The second-order valence-corrected chi connectivity index (χ2v) is 3.63. The molecule has 0 bridgehead atoms. The molecular weight excluding hydrogens is 200 g/mol. The van der Waals surface area contributed by atoms with Crippen LogP contribution in [0.15, 0.2) is 11.0 Å². The van der Waals surface area contributed by atoms with Gasteiger partial charge in [0.15, 0.2) is 17.3 Å². The van der Waals surface area contributed by atoms with Crippen LogP contribution in [-0.4, -0.2) is 12.6 Å². The van der Waals surface area contributed by atoms with E-state index in [4.69, 9.17) is 9.47 Å². The fraction of sp³-hybridized carbons (Fsp3) is 0.300. The average Bonchev–Trinajstić information content (AvgIpc) is 2.58. The molecule has 1 aliphatic rings. The highest BCUT2D eigenvalue weighted by molar-refractivity contribution is 7.80. The number of hydrogen-bond donors (Lipinski definition) is 1. The van der Waals surface area contributed by atoms with Crippen molar-refractivity contribution in [3.8, 4) is 11.5 Å². The van der Waals surface area contributed by atoms with Crippen molar-refractivity contribution in [3.05, 3.63) is 17.2 Å². The Labute approximate surface area is 87.4 Å². The summed E-state index contributed by atoms with van der Waals surface area (Å²) in [4.78, 5) is 11.9. The Hall–Kier alpha value is -1.16. The molecule has 14 heavy (non-hydrogen) atoms. The van der Waals surface area contributed by atoms with Crippen molar-refractivity contribution in [1.29, 1.82) is 0 Å². The van der Waals surface area contributed by atoms with Crippen LogP contribution in [0.5, 0.6) is 11.5 Å². The van der Waals surface area contributed by atoms with E-state index in [0.717, 1.165) is 5.56 Å². The van der Waals surface area contributed by atoms with Gasteiger partial charge in [0.25, 0.3) is 0 Å². The van der Waals surface area contributed by atoms with E-state index in [1.165, 1.54) is 6.92 Å². The molecule has 0 saturated heterocycles. The topological polar surface area (TPSA) is 35.5 Å². The largest absolute Gasteiger partial charge is 0.454 e. The van der Waals surface area contributed by atoms with Crippen molar-refractivity contribution in [1.82, 2.24) is 0 Å². The predicted molar refractivity (Wildman–Crippen MR) is 54.6 cm³/mol. The van der Waals surface area contributed by atoms with Gasteiger partial charge in [0.05, 0.1) is 0 Å². The summed E-state index contributed by atoms with van der Waals surface area (Å²) in [5, 5.41) is 0. The molecule has 3 nitrogen and oxygen atoms in total. The van der Waals surface area contributed by atoms with Crippen LogP contribution in [0, 0.1) is 6.92 Å². The first-order chi connectivity index (χ1) is 6.61. The number of ketones is 1. The molecule has 1 aromatic carbocycles. The minimum Gasteiger partial charge on any atom is -0.454 e. The summed E-state index contributed by atoms with van der Waals surface area (Å²) >= 11 is 4.29. The Morgan fingerprint density at radius 3 is 2.86 bits per heavy atom. The van der Waals surface area contributed by atoms with Gasteiger partial charge in [-0.05, 0) is 19.9 Å². The van der Waals surface area contributed by atoms with E-state index >= 15 is 0 Å². The summed E-state index contributed by atoms with van der Waals surface area (Å²) < 4.78 is 10.5. The van der Waals surface area contributed by atoms with Gasteiger partial charge in [0.1, 0.15) is 0 Å². The third-order valence-corrected chi connectivity index (χ3v) is 2.82. The van der Waals surface area contributed by atoms with E-state index in [9.17, 15) is 4.79 Å². The second-order valence-electron chi connectivity index (χ2n) is 3.19. The van der Waals surface area contributed by atoms with Gasteiger partial charge in [0.2, 0.25) is 6.79 Å². The van der Waals surface area contributed by atoms with Crippen LogP contribution in [-0.2, 0) is 0 Å². The Kier molecular flexibility index (Phi) is 2.15. The quantitative estimate of drug-likeness (QED) is 0.570. The van der Waals surface area contributed by atoms with Crippen LogP contribution in [0.3, 0.4) is 0 Å². The molecule has 0 fully saturated rings. The summed E-state index contributed by atoms with van der Waals surface area (Å²) in [6.45, 7) is 3.59. The Morgan fingerprint density at radius 2 is 2.21 bits per heavy atom. The number of ether oxygens (including phenoxy) is 2. The monoisotopic (exact) mass is 210 g/mol. The lowest BCUT2D eigenvalue weighted by Crippen LogP contribution is -1.96. The number of hydrogen-bond acceptors (Lipinski definition) is 4. The van der Waals surface area contributed by atoms with Crippen LogP contribution >= 0.6 is 12.6 Å². The molecule has 0 radical (unpaired) electrons.